The van der Waals surface area contributed by atoms with Crippen LogP contribution in [0.4, 0.5) is 0 Å². The third-order valence-corrected chi connectivity index (χ3v) is 7.66. The Morgan fingerprint density at radius 3 is 1.76 bits per heavy atom. The van der Waals surface area contributed by atoms with Crippen LogP contribution in [0.3, 0.4) is 0 Å². The molecular formula is C29H47Cl5N4O3. The lowest BCUT2D eigenvalue weighted by Crippen LogP contribution is -2.49. The van der Waals surface area contributed by atoms with Crippen molar-refractivity contribution in [1.29, 1.82) is 0 Å². The Labute approximate surface area is 275 Å². The smallest absolute Gasteiger partial charge is 0.314 e. The zero-order valence-electron chi connectivity index (χ0n) is 23.8. The van der Waals surface area contributed by atoms with Gasteiger partial charge in [-0.1, -0.05) is 54.1 Å². The monoisotopic (exact) mass is 674 g/mol. The fourth-order valence-corrected chi connectivity index (χ4v) is 5.36. The first-order valence-electron chi connectivity index (χ1n) is 13.5. The molecule has 41 heavy (non-hydrogen) atoms. The van der Waals surface area contributed by atoms with Gasteiger partial charge in [0, 0.05) is 70.5 Å². The summed E-state index contributed by atoms with van der Waals surface area (Å²) in [5, 5.41) is 0.804. The molecule has 2 aliphatic heterocycles. The summed E-state index contributed by atoms with van der Waals surface area (Å²) in [4.78, 5) is 22.8. The van der Waals surface area contributed by atoms with E-state index in [9.17, 15) is 4.79 Å². The van der Waals surface area contributed by atoms with Crippen LogP contribution < -0.4 is 0 Å². The minimum absolute atomic E-state index is 0. The van der Waals surface area contributed by atoms with Gasteiger partial charge in [-0.15, -0.1) is 49.6 Å². The van der Waals surface area contributed by atoms with E-state index in [4.69, 9.17) is 16.3 Å². The van der Waals surface area contributed by atoms with Crippen molar-refractivity contribution in [1.82, 2.24) is 19.6 Å². The molecule has 236 valence electrons. The topological polar surface area (TPSA) is 70.8 Å². The molecule has 2 saturated heterocycles. The van der Waals surface area contributed by atoms with Gasteiger partial charge in [0.15, 0.2) is 0 Å². The van der Waals surface area contributed by atoms with E-state index in [1.54, 1.807) is 0 Å². The molecular weight excluding hydrogens is 630 g/mol. The predicted molar refractivity (Wildman–Crippen MR) is 179 cm³/mol. The Bertz CT molecular complexity index is 930. The molecule has 4 rings (SSSR count). The normalized spacial score (nSPS) is 16.9. The van der Waals surface area contributed by atoms with Gasteiger partial charge in [0.2, 0.25) is 0 Å². The van der Waals surface area contributed by atoms with E-state index in [-0.39, 0.29) is 67.0 Å². The molecule has 0 aromatic heterocycles. The molecule has 0 radical (unpaired) electrons. The Balaban J connectivity index is 0. The van der Waals surface area contributed by atoms with Crippen LogP contribution >= 0.6 is 61.2 Å². The molecule has 2 aliphatic rings. The first kappa shape index (κ1) is 42.3. The largest absolute Gasteiger partial charge is 0.465 e. The SMILES string of the molecule is CCOC(=O)C(CN1CCN(CCCN2CCN(Cc3ccc(Cl)cc3)CC2)CC1)c1ccccc1.Cl.Cl.Cl.Cl.O. The zero-order chi connectivity index (χ0) is 25.2. The summed E-state index contributed by atoms with van der Waals surface area (Å²) in [7, 11) is 0. The number of hydrogen-bond acceptors (Lipinski definition) is 6. The molecule has 2 aromatic rings. The predicted octanol–water partition coefficient (Wildman–Crippen LogP) is 4.67. The maximum Gasteiger partial charge on any atom is 0.314 e. The van der Waals surface area contributed by atoms with Crippen LogP contribution in [0.1, 0.15) is 30.4 Å². The Morgan fingerprint density at radius 1 is 0.756 bits per heavy atom. The van der Waals surface area contributed by atoms with Gasteiger partial charge < -0.3 is 20.0 Å². The number of hydrogen-bond donors (Lipinski definition) is 0. The molecule has 0 bridgehead atoms. The number of halogens is 5. The molecule has 12 heteroatoms. The van der Waals surface area contributed by atoms with Gasteiger partial charge in [0.05, 0.1) is 12.5 Å². The summed E-state index contributed by atoms with van der Waals surface area (Å²) >= 11 is 6.01. The van der Waals surface area contributed by atoms with E-state index in [0.29, 0.717) is 6.61 Å². The van der Waals surface area contributed by atoms with Crippen LogP contribution in [0.5, 0.6) is 0 Å². The van der Waals surface area contributed by atoms with Crippen LogP contribution in [0.15, 0.2) is 54.6 Å². The fraction of sp³-hybridized carbons (Fsp3) is 0.552. The third-order valence-electron chi connectivity index (χ3n) is 7.41. The average Bonchev–Trinajstić information content (AvgIpc) is 2.91. The quantitative estimate of drug-likeness (QED) is 0.323. The maximum atomic E-state index is 12.6. The van der Waals surface area contributed by atoms with E-state index in [2.05, 4.69) is 31.7 Å². The lowest BCUT2D eigenvalue weighted by Gasteiger charge is -2.37. The van der Waals surface area contributed by atoms with E-state index >= 15 is 0 Å². The van der Waals surface area contributed by atoms with Crippen molar-refractivity contribution < 1.29 is 15.0 Å². The van der Waals surface area contributed by atoms with Crippen LogP contribution in [-0.2, 0) is 16.1 Å². The Kier molecular flexibility index (Phi) is 23.4. The van der Waals surface area contributed by atoms with Gasteiger partial charge in [-0.2, -0.15) is 0 Å². The molecule has 1 unspecified atom stereocenters. The van der Waals surface area contributed by atoms with Gasteiger partial charge >= 0.3 is 5.97 Å². The zero-order valence-corrected chi connectivity index (χ0v) is 27.8. The molecule has 2 fully saturated rings. The molecule has 2 aromatic carbocycles. The standard InChI is InChI=1S/C29H41ClN4O2.4ClH.H2O/c1-2-36-29(35)28(26-7-4-3-5-8-26)24-34-21-17-32(18-22-34)14-6-13-31-15-19-33(20-16-31)23-25-9-11-27(30)12-10-25;;;;;/h3-5,7-12,28H,2,6,13-24H2,1H3;4*1H;1H2. The van der Waals surface area contributed by atoms with Crippen LogP contribution in [0.25, 0.3) is 0 Å². The van der Waals surface area contributed by atoms with Gasteiger partial charge in [-0.25, -0.2) is 0 Å². The Morgan fingerprint density at radius 2 is 1.24 bits per heavy atom. The summed E-state index contributed by atoms with van der Waals surface area (Å²) in [6.07, 6.45) is 1.21. The first-order chi connectivity index (χ1) is 17.6. The minimum atomic E-state index is -0.212. The molecule has 2 heterocycles. The first-order valence-corrected chi connectivity index (χ1v) is 13.8. The van der Waals surface area contributed by atoms with Crippen LogP contribution in [0, 0.1) is 0 Å². The molecule has 0 saturated carbocycles. The summed E-state index contributed by atoms with van der Waals surface area (Å²) < 4.78 is 5.38. The summed E-state index contributed by atoms with van der Waals surface area (Å²) in [5.74, 6) is -0.324. The van der Waals surface area contributed by atoms with Crippen LogP contribution in [-0.4, -0.2) is 110 Å². The highest BCUT2D eigenvalue weighted by molar-refractivity contribution is 6.30. The highest BCUT2D eigenvalue weighted by atomic mass is 35.5. The lowest BCUT2D eigenvalue weighted by atomic mass is 9.98. The third kappa shape index (κ3) is 14.0. The number of esters is 1. The second-order valence-corrected chi connectivity index (χ2v) is 10.4. The van der Waals surface area contributed by atoms with Crippen molar-refractivity contribution in [3.8, 4) is 0 Å². The molecule has 7 nitrogen and oxygen atoms in total. The van der Waals surface area contributed by atoms with Gasteiger partial charge in [0.25, 0.3) is 0 Å². The number of piperazine rings is 2. The minimum Gasteiger partial charge on any atom is -0.465 e. The second kappa shape index (κ2) is 22.7. The van der Waals surface area contributed by atoms with Crippen molar-refractivity contribution >= 4 is 67.2 Å². The van der Waals surface area contributed by atoms with E-state index in [1.165, 1.54) is 18.5 Å². The van der Waals surface area contributed by atoms with E-state index in [0.717, 1.165) is 82.6 Å². The number of ether oxygens (including phenoxy) is 1. The van der Waals surface area contributed by atoms with Gasteiger partial charge in [-0.3, -0.25) is 14.6 Å². The Hall–Kier alpha value is -0.840. The lowest BCUT2D eigenvalue weighted by molar-refractivity contribution is -0.145. The number of nitrogens with zero attached hydrogens (tertiary/aromatic N) is 4. The van der Waals surface area contributed by atoms with Crippen molar-refractivity contribution in [3.05, 3.63) is 70.7 Å². The number of rotatable bonds is 11. The molecule has 2 N–H and O–H groups in total. The van der Waals surface area contributed by atoms with Crippen LogP contribution in [0.2, 0.25) is 5.02 Å². The van der Waals surface area contributed by atoms with E-state index in [1.807, 2.05) is 49.4 Å². The molecule has 0 amide bonds. The number of carbonyl (C=O) groups is 1. The maximum absolute atomic E-state index is 12.6. The van der Waals surface area contributed by atoms with Crippen molar-refractivity contribution in [2.75, 3.05) is 78.6 Å². The summed E-state index contributed by atoms with van der Waals surface area (Å²) in [5.41, 5.74) is 2.39. The van der Waals surface area contributed by atoms with Crippen molar-refractivity contribution in [2.24, 2.45) is 0 Å². The van der Waals surface area contributed by atoms with Gasteiger partial charge in [0.1, 0.15) is 0 Å². The summed E-state index contributed by atoms with van der Waals surface area (Å²) in [6.45, 7) is 15.1. The fourth-order valence-electron chi connectivity index (χ4n) is 5.23. The average molecular weight is 677 g/mol. The van der Waals surface area contributed by atoms with Gasteiger partial charge in [-0.05, 0) is 49.7 Å². The highest BCUT2D eigenvalue weighted by Gasteiger charge is 2.27. The summed E-state index contributed by atoms with van der Waals surface area (Å²) in [6, 6.07) is 18.3. The second-order valence-electron chi connectivity index (χ2n) is 9.96. The highest BCUT2D eigenvalue weighted by Crippen LogP contribution is 2.20. The number of benzene rings is 2. The van der Waals surface area contributed by atoms with Crippen molar-refractivity contribution in [3.63, 3.8) is 0 Å². The van der Waals surface area contributed by atoms with Crippen molar-refractivity contribution in [2.45, 2.75) is 25.8 Å². The molecule has 0 aliphatic carbocycles. The molecule has 0 spiro atoms. The molecule has 1 atom stereocenters. The number of carbonyl (C=O) groups excluding carboxylic acids is 1. The van der Waals surface area contributed by atoms with E-state index < -0.39 is 0 Å².